The lowest BCUT2D eigenvalue weighted by molar-refractivity contribution is 0.452. The highest BCUT2D eigenvalue weighted by Crippen LogP contribution is 2.45. The predicted octanol–water partition coefficient (Wildman–Crippen LogP) is 5.28. The Kier molecular flexibility index (Phi) is 7.55. The highest BCUT2D eigenvalue weighted by Gasteiger charge is 2.23. The van der Waals surface area contributed by atoms with Crippen LogP contribution in [0.5, 0.6) is 0 Å². The number of rotatable bonds is 9. The summed E-state index contributed by atoms with van der Waals surface area (Å²) in [7, 11) is -2.97. The van der Waals surface area contributed by atoms with E-state index in [1.54, 1.807) is 0 Å². The molecule has 1 aromatic rings. The molecule has 0 spiro atoms. The molecule has 114 valence electrons. The van der Waals surface area contributed by atoms with Gasteiger partial charge >= 0.3 is 0 Å². The van der Waals surface area contributed by atoms with Gasteiger partial charge in [-0.1, -0.05) is 63.9 Å². The van der Waals surface area contributed by atoms with Crippen molar-refractivity contribution in [1.29, 1.82) is 0 Å². The van der Waals surface area contributed by atoms with Gasteiger partial charge in [-0.15, -0.1) is 0 Å². The summed E-state index contributed by atoms with van der Waals surface area (Å²) in [5.74, 6) is 0.755. The topological polar surface area (TPSA) is 37.3 Å². The molecule has 1 rings (SSSR count). The summed E-state index contributed by atoms with van der Waals surface area (Å²) in [4.78, 5) is 10.2. The first kappa shape index (κ1) is 17.5. The van der Waals surface area contributed by atoms with Crippen LogP contribution in [0.3, 0.4) is 0 Å². The molecule has 0 saturated heterocycles. The van der Waals surface area contributed by atoms with Gasteiger partial charge in [-0.2, -0.15) is 0 Å². The zero-order chi connectivity index (χ0) is 15.0. The van der Waals surface area contributed by atoms with Crippen LogP contribution in [0.15, 0.2) is 30.3 Å². The Morgan fingerprint density at radius 1 is 1.15 bits per heavy atom. The van der Waals surface area contributed by atoms with Crippen molar-refractivity contribution < 1.29 is 9.46 Å². The van der Waals surface area contributed by atoms with Crippen LogP contribution in [0.25, 0.3) is 0 Å². The van der Waals surface area contributed by atoms with Gasteiger partial charge < -0.3 is 4.89 Å². The average Bonchev–Trinajstić information content (AvgIpc) is 2.40. The zero-order valence-electron chi connectivity index (χ0n) is 13.1. The molecule has 0 heterocycles. The van der Waals surface area contributed by atoms with Gasteiger partial charge in [0.05, 0.1) is 0 Å². The molecule has 0 aliphatic carbocycles. The molecule has 0 radical (unpaired) electrons. The maximum absolute atomic E-state index is 12.3. The lowest BCUT2D eigenvalue weighted by Crippen LogP contribution is -2.07. The second-order valence-corrected chi connectivity index (χ2v) is 8.46. The Labute approximate surface area is 124 Å². The van der Waals surface area contributed by atoms with E-state index in [2.05, 4.69) is 32.9 Å². The summed E-state index contributed by atoms with van der Waals surface area (Å²) in [5.41, 5.74) is 1.29. The molecule has 0 bridgehead atoms. The van der Waals surface area contributed by atoms with Gasteiger partial charge in [0, 0.05) is 12.3 Å². The molecule has 0 aromatic heterocycles. The molecule has 3 heteroatoms. The Hall–Kier alpha value is -0.590. The van der Waals surface area contributed by atoms with Crippen molar-refractivity contribution in [2.75, 3.05) is 12.3 Å². The van der Waals surface area contributed by atoms with Crippen molar-refractivity contribution >= 4 is 7.37 Å². The monoisotopic (exact) mass is 296 g/mol. The lowest BCUT2D eigenvalue weighted by Gasteiger charge is -2.20. The van der Waals surface area contributed by atoms with E-state index in [-0.39, 0.29) is 0 Å². The van der Waals surface area contributed by atoms with Gasteiger partial charge in [-0.25, -0.2) is 0 Å². The minimum atomic E-state index is -2.97. The second-order valence-electron chi connectivity index (χ2n) is 5.95. The van der Waals surface area contributed by atoms with Gasteiger partial charge in [0.2, 0.25) is 7.37 Å². The molecule has 0 fully saturated rings. The first-order chi connectivity index (χ1) is 9.48. The highest BCUT2D eigenvalue weighted by molar-refractivity contribution is 7.57. The smallest absolute Gasteiger partial charge is 0.200 e. The first-order valence-electron chi connectivity index (χ1n) is 7.84. The van der Waals surface area contributed by atoms with Gasteiger partial charge in [0.1, 0.15) is 0 Å². The molecular weight excluding hydrogens is 267 g/mol. The summed E-state index contributed by atoms with van der Waals surface area (Å²) >= 11 is 0. The maximum Gasteiger partial charge on any atom is 0.200 e. The molecule has 20 heavy (non-hydrogen) atoms. The molecule has 2 nitrogen and oxygen atoms in total. The van der Waals surface area contributed by atoms with Crippen LogP contribution in [0.1, 0.15) is 57.9 Å². The SMILES string of the molecule is CCCC(C)CP(=O)(O)CCC(CC)c1ccccc1. The molecule has 1 aromatic carbocycles. The summed E-state index contributed by atoms with van der Waals surface area (Å²) in [5, 5.41) is 0. The number of benzene rings is 1. The summed E-state index contributed by atoms with van der Waals surface area (Å²) in [6, 6.07) is 10.3. The van der Waals surface area contributed by atoms with Crippen molar-refractivity contribution in [3.8, 4) is 0 Å². The number of hydrogen-bond acceptors (Lipinski definition) is 1. The molecule has 0 aliphatic rings. The predicted molar refractivity (Wildman–Crippen MR) is 87.7 cm³/mol. The summed E-state index contributed by atoms with van der Waals surface area (Å²) < 4.78 is 12.3. The third-order valence-corrected chi connectivity index (χ3v) is 6.12. The molecule has 1 N–H and O–H groups in total. The molecule has 0 saturated carbocycles. The third-order valence-electron chi connectivity index (χ3n) is 3.97. The Morgan fingerprint density at radius 2 is 1.80 bits per heavy atom. The summed E-state index contributed by atoms with van der Waals surface area (Å²) in [6.45, 7) is 6.36. The highest BCUT2D eigenvalue weighted by atomic mass is 31.2. The van der Waals surface area contributed by atoms with E-state index < -0.39 is 7.37 Å². The van der Waals surface area contributed by atoms with Gasteiger partial charge in [0.25, 0.3) is 0 Å². The summed E-state index contributed by atoms with van der Waals surface area (Å²) in [6.07, 6.45) is 4.89. The van der Waals surface area contributed by atoms with Crippen molar-refractivity contribution in [3.05, 3.63) is 35.9 Å². The quantitative estimate of drug-likeness (QED) is 0.630. The van der Waals surface area contributed by atoms with Crippen LogP contribution in [0.2, 0.25) is 0 Å². The van der Waals surface area contributed by atoms with E-state index in [1.165, 1.54) is 5.56 Å². The molecular formula is C17H29O2P. The Morgan fingerprint density at radius 3 is 2.35 bits per heavy atom. The van der Waals surface area contributed by atoms with Crippen LogP contribution in [0, 0.1) is 5.92 Å². The Bertz CT molecular complexity index is 416. The van der Waals surface area contributed by atoms with Crippen LogP contribution in [-0.4, -0.2) is 17.2 Å². The molecule has 3 atom stereocenters. The van der Waals surface area contributed by atoms with Crippen LogP contribution >= 0.6 is 7.37 Å². The van der Waals surface area contributed by atoms with Crippen molar-refractivity contribution in [3.63, 3.8) is 0 Å². The lowest BCUT2D eigenvalue weighted by atomic mass is 9.94. The normalized spacial score (nSPS) is 17.4. The van der Waals surface area contributed by atoms with Crippen LogP contribution in [0.4, 0.5) is 0 Å². The van der Waals surface area contributed by atoms with Crippen molar-refractivity contribution in [2.45, 2.75) is 52.4 Å². The fraction of sp³-hybridized carbons (Fsp3) is 0.647. The van der Waals surface area contributed by atoms with Crippen LogP contribution in [-0.2, 0) is 4.57 Å². The minimum Gasteiger partial charge on any atom is -0.344 e. The largest absolute Gasteiger partial charge is 0.344 e. The molecule has 3 unspecified atom stereocenters. The number of hydrogen-bond donors (Lipinski definition) is 1. The van der Waals surface area contributed by atoms with Crippen LogP contribution < -0.4 is 0 Å². The maximum atomic E-state index is 12.3. The van der Waals surface area contributed by atoms with E-state index >= 15 is 0 Å². The van der Waals surface area contributed by atoms with E-state index in [4.69, 9.17) is 0 Å². The molecule has 0 aliphatic heterocycles. The van der Waals surface area contributed by atoms with E-state index in [1.807, 2.05) is 18.2 Å². The van der Waals surface area contributed by atoms with Gasteiger partial charge in [-0.3, -0.25) is 4.57 Å². The zero-order valence-corrected chi connectivity index (χ0v) is 14.0. The minimum absolute atomic E-state index is 0.354. The standard InChI is InChI=1S/C17H29O2P/c1-4-9-15(3)14-20(18,19)13-12-16(5-2)17-10-7-6-8-11-17/h6-8,10-11,15-16H,4-5,9,12-14H2,1-3H3,(H,18,19). The fourth-order valence-corrected chi connectivity index (χ4v) is 4.91. The van der Waals surface area contributed by atoms with E-state index in [0.717, 1.165) is 25.7 Å². The van der Waals surface area contributed by atoms with Crippen molar-refractivity contribution in [1.82, 2.24) is 0 Å². The average molecular weight is 296 g/mol. The third kappa shape index (κ3) is 6.24. The van der Waals surface area contributed by atoms with Gasteiger partial charge in [0.15, 0.2) is 0 Å². The van der Waals surface area contributed by atoms with Crippen molar-refractivity contribution in [2.24, 2.45) is 5.92 Å². The molecule has 0 amide bonds. The second kappa shape index (κ2) is 8.64. The first-order valence-corrected chi connectivity index (χ1v) is 9.87. The van der Waals surface area contributed by atoms with E-state index in [9.17, 15) is 9.46 Å². The Balaban J connectivity index is 2.53. The fourth-order valence-electron chi connectivity index (χ4n) is 2.85. The van der Waals surface area contributed by atoms with Gasteiger partial charge in [-0.05, 0) is 30.2 Å². The van der Waals surface area contributed by atoms with E-state index in [0.29, 0.717) is 24.2 Å².